The molecule has 0 fully saturated rings. The molecule has 0 aromatic heterocycles. The molecule has 4 nitrogen and oxygen atoms in total. The van der Waals surface area contributed by atoms with Gasteiger partial charge in [0.05, 0.1) is 11.5 Å². The molecule has 84 valence electrons. The molecule has 1 aromatic carbocycles. The van der Waals surface area contributed by atoms with Crippen LogP contribution in [0.25, 0.3) is 0 Å². The lowest BCUT2D eigenvalue weighted by Gasteiger charge is -2.22. The van der Waals surface area contributed by atoms with Gasteiger partial charge in [0.15, 0.2) is 0 Å². The van der Waals surface area contributed by atoms with E-state index in [0.29, 0.717) is 0 Å². The minimum absolute atomic E-state index is 0.192. The summed E-state index contributed by atoms with van der Waals surface area (Å²) in [6.07, 6.45) is 0. The van der Waals surface area contributed by atoms with Gasteiger partial charge in [0.2, 0.25) is 10.0 Å². The maximum absolute atomic E-state index is 11.9. The van der Waals surface area contributed by atoms with Crippen LogP contribution in [-0.4, -0.2) is 37.5 Å². The van der Waals surface area contributed by atoms with Gasteiger partial charge in [-0.2, -0.15) is 4.31 Å². The monoisotopic (exact) mass is 229 g/mol. The molecule has 0 spiro atoms. The number of hydrogen-bond donors (Lipinski definition) is 1. The van der Waals surface area contributed by atoms with Gasteiger partial charge in [0, 0.05) is 13.1 Å². The SMILES string of the molecule is CC(CO)N(C)S(=O)(=O)c1ccccc1. The summed E-state index contributed by atoms with van der Waals surface area (Å²) in [6.45, 7) is 1.46. The van der Waals surface area contributed by atoms with Crippen LogP contribution in [0.3, 0.4) is 0 Å². The highest BCUT2D eigenvalue weighted by Gasteiger charge is 2.24. The molecule has 1 aromatic rings. The Kier molecular flexibility index (Phi) is 3.84. The van der Waals surface area contributed by atoms with Gasteiger partial charge in [-0.1, -0.05) is 18.2 Å². The summed E-state index contributed by atoms with van der Waals surface area (Å²) in [6, 6.07) is 7.75. The van der Waals surface area contributed by atoms with E-state index in [0.717, 1.165) is 0 Å². The molecule has 1 atom stereocenters. The summed E-state index contributed by atoms with van der Waals surface area (Å²) >= 11 is 0. The third-order valence-electron chi connectivity index (χ3n) is 2.31. The van der Waals surface area contributed by atoms with Crippen LogP contribution in [0.2, 0.25) is 0 Å². The van der Waals surface area contributed by atoms with Crippen molar-refractivity contribution >= 4 is 10.0 Å². The van der Waals surface area contributed by atoms with E-state index in [1.807, 2.05) is 0 Å². The van der Waals surface area contributed by atoms with Crippen molar-refractivity contribution < 1.29 is 13.5 Å². The molecule has 0 aliphatic heterocycles. The van der Waals surface area contributed by atoms with Gasteiger partial charge in [-0.3, -0.25) is 0 Å². The molecule has 0 bridgehead atoms. The smallest absolute Gasteiger partial charge is 0.243 e. The van der Waals surface area contributed by atoms with E-state index >= 15 is 0 Å². The number of sulfonamides is 1. The second-order valence-corrected chi connectivity index (χ2v) is 5.36. The first-order chi connectivity index (χ1) is 7.00. The molecule has 1 rings (SSSR count). The number of benzene rings is 1. The lowest BCUT2D eigenvalue weighted by Crippen LogP contribution is -2.37. The molecule has 1 unspecified atom stereocenters. The van der Waals surface area contributed by atoms with Crippen LogP contribution in [0.5, 0.6) is 0 Å². The number of likely N-dealkylation sites (N-methyl/N-ethyl adjacent to an activating group) is 1. The topological polar surface area (TPSA) is 57.6 Å². The highest BCUT2D eigenvalue weighted by atomic mass is 32.2. The first-order valence-corrected chi connectivity index (χ1v) is 6.08. The van der Waals surface area contributed by atoms with E-state index in [-0.39, 0.29) is 11.5 Å². The molecule has 0 aliphatic rings. The number of rotatable bonds is 4. The van der Waals surface area contributed by atoms with Gasteiger partial charge in [-0.25, -0.2) is 8.42 Å². The van der Waals surface area contributed by atoms with Gasteiger partial charge in [0.1, 0.15) is 0 Å². The molecule has 0 saturated carbocycles. The molecule has 0 radical (unpaired) electrons. The minimum atomic E-state index is -3.48. The summed E-state index contributed by atoms with van der Waals surface area (Å²) in [5.74, 6) is 0. The zero-order valence-electron chi connectivity index (χ0n) is 8.79. The summed E-state index contributed by atoms with van der Waals surface area (Å²) in [7, 11) is -2.02. The first-order valence-electron chi connectivity index (χ1n) is 4.64. The summed E-state index contributed by atoms with van der Waals surface area (Å²) < 4.78 is 25.1. The Labute approximate surface area is 90.2 Å². The Morgan fingerprint density at radius 1 is 1.33 bits per heavy atom. The largest absolute Gasteiger partial charge is 0.395 e. The van der Waals surface area contributed by atoms with Gasteiger partial charge in [-0.05, 0) is 19.1 Å². The zero-order valence-corrected chi connectivity index (χ0v) is 9.61. The third-order valence-corrected chi connectivity index (χ3v) is 4.29. The minimum Gasteiger partial charge on any atom is -0.395 e. The average Bonchev–Trinajstić information content (AvgIpc) is 2.28. The fourth-order valence-electron chi connectivity index (χ4n) is 1.11. The maximum Gasteiger partial charge on any atom is 0.243 e. The molecular weight excluding hydrogens is 214 g/mol. The second kappa shape index (κ2) is 4.74. The van der Waals surface area contributed by atoms with Crippen molar-refractivity contribution in [2.75, 3.05) is 13.7 Å². The standard InChI is InChI=1S/C10H15NO3S/c1-9(8-12)11(2)15(13,14)10-6-4-3-5-7-10/h3-7,9,12H,8H2,1-2H3. The van der Waals surface area contributed by atoms with Crippen LogP contribution >= 0.6 is 0 Å². The van der Waals surface area contributed by atoms with E-state index in [9.17, 15) is 8.42 Å². The van der Waals surface area contributed by atoms with Crippen molar-refractivity contribution in [3.8, 4) is 0 Å². The fraction of sp³-hybridized carbons (Fsp3) is 0.400. The Bertz CT molecular complexity index is 402. The van der Waals surface area contributed by atoms with E-state index in [1.165, 1.54) is 23.5 Å². The molecule has 5 heteroatoms. The van der Waals surface area contributed by atoms with Crippen molar-refractivity contribution in [2.45, 2.75) is 17.9 Å². The molecule has 0 aliphatic carbocycles. The number of nitrogens with zero attached hydrogens (tertiary/aromatic N) is 1. The predicted molar refractivity (Wildman–Crippen MR) is 57.9 cm³/mol. The molecule has 1 N–H and O–H groups in total. The van der Waals surface area contributed by atoms with Crippen LogP contribution in [0, 0.1) is 0 Å². The molecule has 0 heterocycles. The van der Waals surface area contributed by atoms with E-state index < -0.39 is 16.1 Å². The van der Waals surface area contributed by atoms with E-state index in [1.54, 1.807) is 25.1 Å². The van der Waals surface area contributed by atoms with Crippen LogP contribution in [-0.2, 0) is 10.0 Å². The number of aliphatic hydroxyl groups excluding tert-OH is 1. The average molecular weight is 229 g/mol. The number of hydrogen-bond acceptors (Lipinski definition) is 3. The van der Waals surface area contributed by atoms with Crippen molar-refractivity contribution in [2.24, 2.45) is 0 Å². The quantitative estimate of drug-likeness (QED) is 0.826. The van der Waals surface area contributed by atoms with Gasteiger partial charge >= 0.3 is 0 Å². The van der Waals surface area contributed by atoms with E-state index in [2.05, 4.69) is 0 Å². The van der Waals surface area contributed by atoms with Gasteiger partial charge in [0.25, 0.3) is 0 Å². The van der Waals surface area contributed by atoms with Crippen molar-refractivity contribution in [1.29, 1.82) is 0 Å². The fourth-order valence-corrected chi connectivity index (χ4v) is 2.48. The van der Waals surface area contributed by atoms with Crippen LogP contribution < -0.4 is 0 Å². The molecule has 0 saturated heterocycles. The highest BCUT2D eigenvalue weighted by Crippen LogP contribution is 2.15. The Balaban J connectivity index is 3.04. The maximum atomic E-state index is 11.9. The van der Waals surface area contributed by atoms with Gasteiger partial charge in [-0.15, -0.1) is 0 Å². The Morgan fingerprint density at radius 3 is 2.33 bits per heavy atom. The lowest BCUT2D eigenvalue weighted by molar-refractivity contribution is 0.214. The first kappa shape index (κ1) is 12.2. The van der Waals surface area contributed by atoms with Crippen molar-refractivity contribution in [3.05, 3.63) is 30.3 Å². The predicted octanol–water partition coefficient (Wildman–Crippen LogP) is 0.688. The highest BCUT2D eigenvalue weighted by molar-refractivity contribution is 7.89. The van der Waals surface area contributed by atoms with Crippen molar-refractivity contribution in [3.63, 3.8) is 0 Å². The molecule has 15 heavy (non-hydrogen) atoms. The van der Waals surface area contributed by atoms with Gasteiger partial charge < -0.3 is 5.11 Å². The Morgan fingerprint density at radius 2 is 1.87 bits per heavy atom. The Hall–Kier alpha value is -0.910. The summed E-state index contributed by atoms with van der Waals surface area (Å²) in [4.78, 5) is 0.243. The van der Waals surface area contributed by atoms with Crippen LogP contribution in [0.1, 0.15) is 6.92 Å². The normalized spacial score (nSPS) is 14.1. The molecular formula is C10H15NO3S. The second-order valence-electron chi connectivity index (χ2n) is 3.37. The third kappa shape index (κ3) is 2.56. The lowest BCUT2D eigenvalue weighted by atomic mass is 10.4. The van der Waals surface area contributed by atoms with Crippen LogP contribution in [0.4, 0.5) is 0 Å². The number of aliphatic hydroxyl groups is 1. The van der Waals surface area contributed by atoms with E-state index in [4.69, 9.17) is 5.11 Å². The van der Waals surface area contributed by atoms with Crippen LogP contribution in [0.15, 0.2) is 35.2 Å². The molecule has 0 amide bonds. The van der Waals surface area contributed by atoms with Crippen molar-refractivity contribution in [1.82, 2.24) is 4.31 Å². The summed E-state index contributed by atoms with van der Waals surface area (Å²) in [5, 5.41) is 8.91. The zero-order chi connectivity index (χ0) is 11.5. The summed E-state index contributed by atoms with van der Waals surface area (Å²) in [5.41, 5.74) is 0.